The molecule has 0 aliphatic carbocycles. The first-order valence-corrected chi connectivity index (χ1v) is 8.12. The number of benzene rings is 2. The topological polar surface area (TPSA) is 20.3 Å². The molecule has 1 heterocycles. The second kappa shape index (κ2) is 5.99. The third-order valence-corrected chi connectivity index (χ3v) is 4.67. The van der Waals surface area contributed by atoms with Gasteiger partial charge in [-0.3, -0.25) is 4.79 Å². The monoisotopic (exact) mass is 383 g/mol. The molecule has 0 saturated carbocycles. The van der Waals surface area contributed by atoms with Crippen molar-refractivity contribution in [1.82, 2.24) is 0 Å². The minimum atomic E-state index is 0.121. The van der Waals surface area contributed by atoms with Crippen LogP contribution in [0.3, 0.4) is 0 Å². The van der Waals surface area contributed by atoms with Gasteiger partial charge in [-0.25, -0.2) is 0 Å². The van der Waals surface area contributed by atoms with Crippen LogP contribution in [0.15, 0.2) is 40.9 Å². The Kier molecular flexibility index (Phi) is 4.25. The molecule has 3 rings (SSSR count). The third kappa shape index (κ3) is 3.10. The molecular weight excluding hydrogens is 373 g/mol. The summed E-state index contributed by atoms with van der Waals surface area (Å²) in [6, 6.07) is 11.4. The van der Waals surface area contributed by atoms with Gasteiger partial charge in [-0.05, 0) is 47.9 Å². The van der Waals surface area contributed by atoms with Crippen LogP contribution in [0.25, 0.3) is 0 Å². The van der Waals surface area contributed by atoms with Crippen molar-refractivity contribution < 1.29 is 4.79 Å². The van der Waals surface area contributed by atoms with Gasteiger partial charge in [-0.1, -0.05) is 45.2 Å². The minimum Gasteiger partial charge on any atom is -0.308 e. The molecule has 0 atom stereocenters. The SMILES string of the molecule is O=C1CCc2cc(Br)ccc2N1Cc1ccc(Cl)cc1Cl. The number of fused-ring (bicyclic) bond motifs is 1. The van der Waals surface area contributed by atoms with Gasteiger partial charge < -0.3 is 4.90 Å². The highest BCUT2D eigenvalue weighted by atomic mass is 79.9. The Morgan fingerprint density at radius 2 is 1.90 bits per heavy atom. The van der Waals surface area contributed by atoms with Crippen LogP contribution >= 0.6 is 39.1 Å². The van der Waals surface area contributed by atoms with Gasteiger partial charge >= 0.3 is 0 Å². The quantitative estimate of drug-likeness (QED) is 0.693. The van der Waals surface area contributed by atoms with Crippen LogP contribution in [-0.4, -0.2) is 5.91 Å². The van der Waals surface area contributed by atoms with Crippen molar-refractivity contribution >= 4 is 50.7 Å². The Morgan fingerprint density at radius 1 is 1.10 bits per heavy atom. The van der Waals surface area contributed by atoms with E-state index in [1.165, 1.54) is 5.56 Å². The molecule has 1 aliphatic rings. The Hall–Kier alpha value is -1.03. The number of carbonyl (C=O) groups excluding carboxylic acids is 1. The maximum Gasteiger partial charge on any atom is 0.227 e. The molecular formula is C16H12BrCl2NO. The molecule has 5 heteroatoms. The van der Waals surface area contributed by atoms with E-state index in [-0.39, 0.29) is 5.91 Å². The van der Waals surface area contributed by atoms with Crippen LogP contribution in [0, 0.1) is 0 Å². The first-order chi connectivity index (χ1) is 10.0. The summed E-state index contributed by atoms with van der Waals surface area (Å²) in [4.78, 5) is 14.1. The molecule has 0 unspecified atom stereocenters. The molecule has 1 aliphatic heterocycles. The highest BCUT2D eigenvalue weighted by Crippen LogP contribution is 2.32. The van der Waals surface area contributed by atoms with Gasteiger partial charge in [0.15, 0.2) is 0 Å². The Labute approximate surface area is 141 Å². The lowest BCUT2D eigenvalue weighted by molar-refractivity contribution is -0.119. The molecule has 108 valence electrons. The first-order valence-electron chi connectivity index (χ1n) is 6.57. The Morgan fingerprint density at radius 3 is 2.67 bits per heavy atom. The van der Waals surface area contributed by atoms with Gasteiger partial charge in [0.25, 0.3) is 0 Å². The molecule has 2 nitrogen and oxygen atoms in total. The molecule has 0 N–H and O–H groups in total. The lowest BCUT2D eigenvalue weighted by atomic mass is 10.0. The van der Waals surface area contributed by atoms with E-state index in [9.17, 15) is 4.79 Å². The smallest absolute Gasteiger partial charge is 0.227 e. The number of anilines is 1. The fourth-order valence-electron chi connectivity index (χ4n) is 2.52. The number of rotatable bonds is 2. The predicted molar refractivity (Wildman–Crippen MR) is 90.1 cm³/mol. The summed E-state index contributed by atoms with van der Waals surface area (Å²) < 4.78 is 1.03. The van der Waals surface area contributed by atoms with Crippen LogP contribution in [0.1, 0.15) is 17.5 Å². The first kappa shape index (κ1) is 14.9. The zero-order chi connectivity index (χ0) is 15.0. The summed E-state index contributed by atoms with van der Waals surface area (Å²) in [5.74, 6) is 0.121. The van der Waals surface area contributed by atoms with E-state index in [1.54, 1.807) is 17.0 Å². The summed E-state index contributed by atoms with van der Waals surface area (Å²) in [7, 11) is 0. The van der Waals surface area contributed by atoms with Crippen LogP contribution in [-0.2, 0) is 17.8 Å². The van der Waals surface area contributed by atoms with Gasteiger partial charge in [0, 0.05) is 26.6 Å². The van der Waals surface area contributed by atoms with E-state index >= 15 is 0 Å². The van der Waals surface area contributed by atoms with Crippen molar-refractivity contribution in [2.75, 3.05) is 4.90 Å². The van der Waals surface area contributed by atoms with E-state index in [2.05, 4.69) is 22.0 Å². The minimum absolute atomic E-state index is 0.121. The fourth-order valence-corrected chi connectivity index (χ4v) is 3.40. The van der Waals surface area contributed by atoms with E-state index in [4.69, 9.17) is 23.2 Å². The summed E-state index contributed by atoms with van der Waals surface area (Å²) in [6.07, 6.45) is 1.30. The molecule has 0 saturated heterocycles. The molecule has 0 aromatic heterocycles. The zero-order valence-electron chi connectivity index (χ0n) is 11.1. The van der Waals surface area contributed by atoms with Crippen molar-refractivity contribution in [3.8, 4) is 0 Å². The lowest BCUT2D eigenvalue weighted by Gasteiger charge is -2.30. The molecule has 2 aromatic rings. The molecule has 21 heavy (non-hydrogen) atoms. The summed E-state index contributed by atoms with van der Waals surface area (Å²) in [5.41, 5.74) is 3.03. The number of nitrogens with zero attached hydrogens (tertiary/aromatic N) is 1. The van der Waals surface area contributed by atoms with Gasteiger partial charge in [0.2, 0.25) is 5.91 Å². The van der Waals surface area contributed by atoms with Crippen molar-refractivity contribution in [3.05, 3.63) is 62.0 Å². The van der Waals surface area contributed by atoms with Crippen molar-refractivity contribution in [2.45, 2.75) is 19.4 Å². The summed E-state index contributed by atoms with van der Waals surface area (Å²) in [5, 5.41) is 1.18. The number of halogens is 3. The van der Waals surface area contributed by atoms with Crippen molar-refractivity contribution in [1.29, 1.82) is 0 Å². The van der Waals surface area contributed by atoms with Gasteiger partial charge in [0.1, 0.15) is 0 Å². The number of aryl methyl sites for hydroxylation is 1. The normalized spacial score (nSPS) is 14.2. The lowest BCUT2D eigenvalue weighted by Crippen LogP contribution is -2.34. The predicted octanol–water partition coefficient (Wildman–Crippen LogP) is 5.24. The largest absolute Gasteiger partial charge is 0.308 e. The van der Waals surface area contributed by atoms with Crippen LogP contribution < -0.4 is 4.90 Å². The number of carbonyl (C=O) groups is 1. The molecule has 1 amide bonds. The number of hydrogen-bond donors (Lipinski definition) is 0. The molecule has 0 spiro atoms. The van der Waals surface area contributed by atoms with Crippen LogP contribution in [0.5, 0.6) is 0 Å². The van der Waals surface area contributed by atoms with E-state index in [0.29, 0.717) is 23.0 Å². The molecule has 0 radical (unpaired) electrons. The molecule has 0 fully saturated rings. The third-order valence-electron chi connectivity index (χ3n) is 3.59. The average molecular weight is 385 g/mol. The standard InChI is InChI=1S/C16H12BrCl2NO/c17-12-3-5-15-10(7-12)2-6-16(21)20(15)9-11-1-4-13(18)8-14(11)19/h1,3-5,7-8H,2,6,9H2. The van der Waals surface area contributed by atoms with Crippen LogP contribution in [0.2, 0.25) is 10.0 Å². The Balaban J connectivity index is 1.96. The Bertz CT molecular complexity index is 717. The number of hydrogen-bond acceptors (Lipinski definition) is 1. The average Bonchev–Trinajstić information content (AvgIpc) is 2.44. The second-order valence-corrected chi connectivity index (χ2v) is 6.75. The summed E-state index contributed by atoms with van der Waals surface area (Å²) >= 11 is 15.6. The number of amides is 1. The maximum absolute atomic E-state index is 12.3. The van der Waals surface area contributed by atoms with Crippen molar-refractivity contribution in [3.63, 3.8) is 0 Å². The zero-order valence-corrected chi connectivity index (χ0v) is 14.2. The molecule has 2 aromatic carbocycles. The van der Waals surface area contributed by atoms with E-state index < -0.39 is 0 Å². The van der Waals surface area contributed by atoms with Crippen LogP contribution in [0.4, 0.5) is 5.69 Å². The van der Waals surface area contributed by atoms with Gasteiger partial charge in [-0.15, -0.1) is 0 Å². The molecule has 0 bridgehead atoms. The van der Waals surface area contributed by atoms with Crippen molar-refractivity contribution in [2.24, 2.45) is 0 Å². The second-order valence-electron chi connectivity index (χ2n) is 4.99. The van der Waals surface area contributed by atoms with Gasteiger partial charge in [0.05, 0.1) is 6.54 Å². The van der Waals surface area contributed by atoms with E-state index in [1.807, 2.05) is 18.2 Å². The van der Waals surface area contributed by atoms with E-state index in [0.717, 1.165) is 22.1 Å². The highest BCUT2D eigenvalue weighted by Gasteiger charge is 2.24. The van der Waals surface area contributed by atoms with Gasteiger partial charge in [-0.2, -0.15) is 0 Å². The maximum atomic E-state index is 12.3. The fraction of sp³-hybridized carbons (Fsp3) is 0.188. The summed E-state index contributed by atoms with van der Waals surface area (Å²) in [6.45, 7) is 0.462. The highest BCUT2D eigenvalue weighted by molar-refractivity contribution is 9.10.